The fourth-order valence-corrected chi connectivity index (χ4v) is 2.61. The topological polar surface area (TPSA) is 106 Å². The van der Waals surface area contributed by atoms with Gasteiger partial charge in [0.15, 0.2) is 11.5 Å². The lowest BCUT2D eigenvalue weighted by Gasteiger charge is -2.12. The summed E-state index contributed by atoms with van der Waals surface area (Å²) in [6.07, 6.45) is 1.33. The lowest BCUT2D eigenvalue weighted by Crippen LogP contribution is -2.28. The van der Waals surface area contributed by atoms with Gasteiger partial charge in [0, 0.05) is 18.7 Å². The number of carbonyl (C=O) groups is 1. The second kappa shape index (κ2) is 7.96. The summed E-state index contributed by atoms with van der Waals surface area (Å²) in [6, 6.07) is 7.56. The molecule has 0 aliphatic carbocycles. The lowest BCUT2D eigenvalue weighted by atomic mass is 10.2. The van der Waals surface area contributed by atoms with Gasteiger partial charge >= 0.3 is 6.03 Å². The van der Waals surface area contributed by atoms with Crippen LogP contribution in [0.4, 0.5) is 10.5 Å². The van der Waals surface area contributed by atoms with Gasteiger partial charge in [0.2, 0.25) is 5.88 Å². The maximum absolute atomic E-state index is 11.6. The monoisotopic (exact) mass is 388 g/mol. The van der Waals surface area contributed by atoms with E-state index in [-0.39, 0.29) is 23.4 Å². The van der Waals surface area contributed by atoms with E-state index in [0.29, 0.717) is 33.9 Å². The van der Waals surface area contributed by atoms with Gasteiger partial charge in [0.25, 0.3) is 0 Å². The number of phenols is 1. The number of rotatable bonds is 5. The number of methoxy groups -OCH3 is 1. The highest BCUT2D eigenvalue weighted by molar-refractivity contribution is 6.33. The fourth-order valence-electron chi connectivity index (χ4n) is 2.39. The number of anilines is 1. The molecular formula is C18H17ClN4O4. The first-order chi connectivity index (χ1) is 13.0. The van der Waals surface area contributed by atoms with Crippen LogP contribution in [0.25, 0.3) is 10.9 Å². The standard InChI is InChI=1S/C18H17ClN4O4/c1-3-20-18(25)23-13-5-4-10(6-12(13)19)27-17-11-7-16(26-2)15(24)8-14(11)21-9-22-17/h4-9,24H,3H2,1-2H3,(H2,20,23,25). The Morgan fingerprint density at radius 3 is 2.78 bits per heavy atom. The van der Waals surface area contributed by atoms with E-state index in [2.05, 4.69) is 20.6 Å². The molecule has 1 heterocycles. The van der Waals surface area contributed by atoms with Crippen LogP contribution < -0.4 is 20.1 Å². The van der Waals surface area contributed by atoms with E-state index in [0.717, 1.165) is 0 Å². The van der Waals surface area contributed by atoms with Crippen molar-refractivity contribution in [2.24, 2.45) is 0 Å². The number of benzene rings is 2. The molecule has 0 spiro atoms. The predicted octanol–water partition coefficient (Wildman–Crippen LogP) is 3.93. The largest absolute Gasteiger partial charge is 0.504 e. The quantitative estimate of drug-likeness (QED) is 0.611. The van der Waals surface area contributed by atoms with Gasteiger partial charge in [-0.1, -0.05) is 11.6 Å². The zero-order valence-corrected chi connectivity index (χ0v) is 15.4. The normalized spacial score (nSPS) is 10.5. The Labute approximate surface area is 160 Å². The highest BCUT2D eigenvalue weighted by Gasteiger charge is 2.12. The van der Waals surface area contributed by atoms with Crippen molar-refractivity contribution in [3.63, 3.8) is 0 Å². The van der Waals surface area contributed by atoms with E-state index < -0.39 is 0 Å². The molecule has 0 aliphatic rings. The summed E-state index contributed by atoms with van der Waals surface area (Å²) >= 11 is 6.22. The van der Waals surface area contributed by atoms with Gasteiger partial charge in [0.05, 0.1) is 28.7 Å². The highest BCUT2D eigenvalue weighted by Crippen LogP contribution is 2.36. The van der Waals surface area contributed by atoms with Crippen LogP contribution in [0.1, 0.15) is 6.92 Å². The zero-order chi connectivity index (χ0) is 19.4. The third-order valence-electron chi connectivity index (χ3n) is 3.64. The molecule has 0 atom stereocenters. The maximum Gasteiger partial charge on any atom is 0.319 e. The number of phenolic OH excluding ortho intramolecular Hbond substituents is 1. The van der Waals surface area contributed by atoms with E-state index in [1.165, 1.54) is 19.5 Å². The Morgan fingerprint density at radius 1 is 1.26 bits per heavy atom. The average molecular weight is 389 g/mol. The van der Waals surface area contributed by atoms with Crippen LogP contribution in [0.2, 0.25) is 5.02 Å². The molecule has 0 aliphatic heterocycles. The molecule has 0 fully saturated rings. The molecule has 0 unspecified atom stereocenters. The molecule has 9 heteroatoms. The summed E-state index contributed by atoms with van der Waals surface area (Å²) in [5.41, 5.74) is 0.952. The maximum atomic E-state index is 11.6. The van der Waals surface area contributed by atoms with Gasteiger partial charge < -0.3 is 25.2 Å². The zero-order valence-electron chi connectivity index (χ0n) is 14.6. The summed E-state index contributed by atoms with van der Waals surface area (Å²) in [5.74, 6) is 0.951. The Kier molecular flexibility index (Phi) is 5.46. The van der Waals surface area contributed by atoms with Crippen LogP contribution in [0.5, 0.6) is 23.1 Å². The van der Waals surface area contributed by atoms with E-state index in [1.807, 2.05) is 6.92 Å². The van der Waals surface area contributed by atoms with Crippen LogP contribution in [-0.4, -0.2) is 34.8 Å². The molecule has 3 aromatic rings. The number of amides is 2. The van der Waals surface area contributed by atoms with Crippen molar-refractivity contribution < 1.29 is 19.4 Å². The molecule has 3 N–H and O–H groups in total. The second-order valence-corrected chi connectivity index (χ2v) is 5.86. The molecule has 2 aromatic carbocycles. The van der Waals surface area contributed by atoms with E-state index >= 15 is 0 Å². The fraction of sp³-hybridized carbons (Fsp3) is 0.167. The number of urea groups is 1. The number of carbonyl (C=O) groups excluding carboxylic acids is 1. The predicted molar refractivity (Wildman–Crippen MR) is 102 cm³/mol. The minimum Gasteiger partial charge on any atom is -0.504 e. The van der Waals surface area contributed by atoms with Crippen LogP contribution in [0.3, 0.4) is 0 Å². The number of nitrogens with one attached hydrogen (secondary N) is 2. The Hall–Kier alpha value is -3.26. The number of halogens is 1. The highest BCUT2D eigenvalue weighted by atomic mass is 35.5. The number of hydrogen-bond donors (Lipinski definition) is 3. The first-order valence-corrected chi connectivity index (χ1v) is 8.43. The van der Waals surface area contributed by atoms with Crippen molar-refractivity contribution >= 4 is 34.2 Å². The molecule has 0 saturated heterocycles. The van der Waals surface area contributed by atoms with Crippen LogP contribution >= 0.6 is 11.6 Å². The summed E-state index contributed by atoms with van der Waals surface area (Å²) in [6.45, 7) is 2.32. The molecule has 140 valence electrons. The van der Waals surface area contributed by atoms with E-state index in [1.54, 1.807) is 24.3 Å². The third kappa shape index (κ3) is 4.12. The SMILES string of the molecule is CCNC(=O)Nc1ccc(Oc2ncnc3cc(O)c(OC)cc23)cc1Cl. The number of aromatic hydroxyl groups is 1. The van der Waals surface area contributed by atoms with Crippen molar-refractivity contribution in [3.05, 3.63) is 41.7 Å². The minimum absolute atomic E-state index is 0.0292. The molecule has 27 heavy (non-hydrogen) atoms. The number of aromatic nitrogens is 2. The van der Waals surface area contributed by atoms with Crippen molar-refractivity contribution in [3.8, 4) is 23.1 Å². The van der Waals surface area contributed by atoms with Gasteiger partial charge in [-0.3, -0.25) is 0 Å². The smallest absolute Gasteiger partial charge is 0.319 e. The Bertz CT molecular complexity index is 997. The first-order valence-electron chi connectivity index (χ1n) is 8.05. The second-order valence-electron chi connectivity index (χ2n) is 5.45. The van der Waals surface area contributed by atoms with Gasteiger partial charge in [-0.2, -0.15) is 0 Å². The average Bonchev–Trinajstić information content (AvgIpc) is 2.64. The molecular weight excluding hydrogens is 372 g/mol. The van der Waals surface area contributed by atoms with Crippen molar-refractivity contribution in [1.29, 1.82) is 0 Å². The van der Waals surface area contributed by atoms with Gasteiger partial charge in [-0.05, 0) is 25.1 Å². The van der Waals surface area contributed by atoms with E-state index in [4.69, 9.17) is 21.1 Å². The first kappa shape index (κ1) is 18.5. The summed E-state index contributed by atoms with van der Waals surface area (Å²) in [7, 11) is 1.45. The molecule has 3 rings (SSSR count). The molecule has 0 saturated carbocycles. The van der Waals surface area contributed by atoms with Crippen molar-refractivity contribution in [1.82, 2.24) is 15.3 Å². The number of fused-ring (bicyclic) bond motifs is 1. The van der Waals surface area contributed by atoms with Crippen molar-refractivity contribution in [2.45, 2.75) is 6.92 Å². The lowest BCUT2D eigenvalue weighted by molar-refractivity contribution is 0.252. The summed E-state index contributed by atoms with van der Waals surface area (Å²) in [4.78, 5) is 19.9. The Morgan fingerprint density at radius 2 is 2.07 bits per heavy atom. The van der Waals surface area contributed by atoms with Gasteiger partial charge in [-0.25, -0.2) is 14.8 Å². The summed E-state index contributed by atoms with van der Waals surface area (Å²) in [5, 5.41) is 16.0. The van der Waals surface area contributed by atoms with Gasteiger partial charge in [-0.15, -0.1) is 0 Å². The Balaban J connectivity index is 1.89. The molecule has 1 aromatic heterocycles. The van der Waals surface area contributed by atoms with Crippen molar-refractivity contribution in [2.75, 3.05) is 19.0 Å². The number of hydrogen-bond acceptors (Lipinski definition) is 6. The number of ether oxygens (including phenoxy) is 2. The van der Waals surface area contributed by atoms with E-state index in [9.17, 15) is 9.90 Å². The molecule has 0 radical (unpaired) electrons. The molecule has 2 amide bonds. The molecule has 0 bridgehead atoms. The van der Waals surface area contributed by atoms with Gasteiger partial charge in [0.1, 0.15) is 12.1 Å². The van der Waals surface area contributed by atoms with Crippen LogP contribution in [0, 0.1) is 0 Å². The minimum atomic E-state index is -0.346. The molecule has 8 nitrogen and oxygen atoms in total. The third-order valence-corrected chi connectivity index (χ3v) is 3.95. The number of nitrogens with zero attached hydrogens (tertiary/aromatic N) is 2. The van der Waals surface area contributed by atoms with Crippen LogP contribution in [0.15, 0.2) is 36.7 Å². The summed E-state index contributed by atoms with van der Waals surface area (Å²) < 4.78 is 10.9. The van der Waals surface area contributed by atoms with Crippen LogP contribution in [-0.2, 0) is 0 Å².